The smallest absolute Gasteiger partial charge is 0.510 e. The van der Waals surface area contributed by atoms with Gasteiger partial charge in [-0.1, -0.05) is 48.2 Å². The quantitative estimate of drug-likeness (QED) is 0.137. The second-order valence-corrected chi connectivity index (χ2v) is 20.0. The van der Waals surface area contributed by atoms with E-state index in [0.717, 1.165) is 50.4 Å². The molecule has 0 spiro atoms. The molecule has 0 saturated heterocycles. The van der Waals surface area contributed by atoms with Crippen LogP contribution in [-0.4, -0.2) is 47.8 Å². The molecule has 0 unspecified atom stereocenters. The average molecular weight is 1350 g/mol. The van der Waals surface area contributed by atoms with Crippen LogP contribution in [0.5, 0.6) is 23.0 Å². The van der Waals surface area contributed by atoms with Crippen molar-refractivity contribution in [3.05, 3.63) is 219 Å². The van der Waals surface area contributed by atoms with E-state index in [0.29, 0.717) is 23.0 Å². The van der Waals surface area contributed by atoms with Gasteiger partial charge in [-0.3, -0.25) is 0 Å². The van der Waals surface area contributed by atoms with Gasteiger partial charge in [0, 0.05) is 51.0 Å². The number of hydrogen-bond donors (Lipinski definition) is 0. The minimum Gasteiger partial charge on any atom is -0.510 e. The SMILES string of the molecule is CN1C=CN(c2[c-]c(Oc3[c-]c(N4[CH-]N(C)C(C)(C)c5ccccc54)cc4oc5ccccc5c34)ccc2)[CH-]1.Cc1cc2c(cc1C)C(C)(C)N(C)[CH-]N2c1[c-]c(Oc2[c-]c(N3C=CN(C)[CH-]3)ccc2)ccc1.[Pt+4].[Pt+4]. The minimum absolute atomic E-state index is 0. The molecule has 0 aliphatic carbocycles. The monoisotopic (exact) mass is 1350 g/mol. The first-order chi connectivity index (χ1) is 35.1. The Hall–Kier alpha value is -6.48. The number of hydrogen-bond acceptors (Lipinski definition) is 11. The van der Waals surface area contributed by atoms with Crippen molar-refractivity contribution in [1.82, 2.24) is 19.6 Å². The van der Waals surface area contributed by atoms with E-state index in [9.17, 15) is 0 Å². The molecule has 75 heavy (non-hydrogen) atoms. The Bertz CT molecular complexity index is 3440. The summed E-state index contributed by atoms with van der Waals surface area (Å²) in [6.07, 6.45) is 7.97. The molecule has 4 aliphatic heterocycles. The average Bonchev–Trinajstić information content (AvgIpc) is 4.13. The summed E-state index contributed by atoms with van der Waals surface area (Å²) >= 11 is 0. The second kappa shape index (κ2) is 21.3. The Kier molecular flexibility index (Phi) is 15.1. The van der Waals surface area contributed by atoms with Gasteiger partial charge in [0.15, 0.2) is 0 Å². The maximum Gasteiger partial charge on any atom is 4.00 e. The normalized spacial score (nSPS) is 16.6. The molecule has 0 amide bonds. The molecule has 0 radical (unpaired) electrons. The van der Waals surface area contributed by atoms with Gasteiger partial charge in [-0.15, -0.1) is 83.8 Å². The van der Waals surface area contributed by atoms with E-state index < -0.39 is 0 Å². The fourth-order valence-corrected chi connectivity index (χ4v) is 9.50. The van der Waals surface area contributed by atoms with Gasteiger partial charge >= 0.3 is 42.1 Å². The molecule has 1 aromatic heterocycles. The summed E-state index contributed by atoms with van der Waals surface area (Å²) < 4.78 is 19.1. The van der Waals surface area contributed by atoms with E-state index in [1.54, 1.807) is 0 Å². The molecule has 0 atom stereocenters. The number of nitrogens with zero attached hydrogens (tertiary/aromatic N) is 8. The number of furan rings is 1. The first-order valence-electron chi connectivity index (χ1n) is 24.4. The zero-order valence-electron chi connectivity index (χ0n) is 43.6. The summed E-state index contributed by atoms with van der Waals surface area (Å²) in [5, 5.41) is 1.87. The van der Waals surface area contributed by atoms with Crippen molar-refractivity contribution in [2.45, 2.75) is 52.6 Å². The van der Waals surface area contributed by atoms with Crippen LogP contribution in [0.15, 0.2) is 151 Å². The van der Waals surface area contributed by atoms with Crippen molar-refractivity contribution in [2.75, 3.05) is 47.8 Å². The predicted molar refractivity (Wildman–Crippen MR) is 293 cm³/mol. The van der Waals surface area contributed by atoms with Crippen LogP contribution in [0.1, 0.15) is 49.9 Å². The molecule has 384 valence electrons. The van der Waals surface area contributed by atoms with E-state index in [1.165, 1.54) is 27.9 Å². The summed E-state index contributed by atoms with van der Waals surface area (Å²) in [5.41, 5.74) is 12.2. The van der Waals surface area contributed by atoms with Crippen LogP contribution in [0.2, 0.25) is 0 Å². The number of rotatable bonds is 8. The topological polar surface area (TPSA) is 57.5 Å². The summed E-state index contributed by atoms with van der Waals surface area (Å²) in [4.78, 5) is 16.8. The largest absolute Gasteiger partial charge is 4.00 e. The Morgan fingerprint density at radius 2 is 0.987 bits per heavy atom. The van der Waals surface area contributed by atoms with Gasteiger partial charge in [0.05, 0.1) is 0 Å². The Morgan fingerprint density at radius 3 is 1.60 bits per heavy atom. The van der Waals surface area contributed by atoms with Crippen molar-refractivity contribution < 1.29 is 56.0 Å². The summed E-state index contributed by atoms with van der Waals surface area (Å²) in [6, 6.07) is 54.7. The molecule has 0 fully saturated rings. The fourth-order valence-electron chi connectivity index (χ4n) is 9.50. The fraction of sp³-hybridized carbons (Fsp3) is 0.194. The van der Waals surface area contributed by atoms with Crippen molar-refractivity contribution in [3.8, 4) is 23.0 Å². The zero-order valence-corrected chi connectivity index (χ0v) is 48.1. The molecular weight excluding hydrogens is 1290 g/mol. The van der Waals surface area contributed by atoms with Gasteiger partial charge in [0.2, 0.25) is 0 Å². The molecule has 13 heteroatoms. The Labute approximate surface area is 471 Å². The van der Waals surface area contributed by atoms with Crippen molar-refractivity contribution >= 4 is 56.1 Å². The number of anilines is 6. The molecule has 5 heterocycles. The van der Waals surface area contributed by atoms with E-state index in [-0.39, 0.29) is 53.2 Å². The predicted octanol–water partition coefficient (Wildman–Crippen LogP) is 14.2. The summed E-state index contributed by atoms with van der Waals surface area (Å²) in [7, 11) is 8.20. The van der Waals surface area contributed by atoms with Gasteiger partial charge in [-0.05, 0) is 146 Å². The molecule has 12 rings (SSSR count). The molecule has 7 aromatic carbocycles. The molecular formula is C62H58N8O3Pt2. The third-order valence-electron chi connectivity index (χ3n) is 14.4. The van der Waals surface area contributed by atoms with E-state index in [1.807, 2.05) is 145 Å². The second-order valence-electron chi connectivity index (χ2n) is 20.0. The maximum absolute atomic E-state index is 6.57. The van der Waals surface area contributed by atoms with Crippen LogP contribution in [0.4, 0.5) is 34.1 Å². The Morgan fingerprint density at radius 1 is 0.467 bits per heavy atom. The van der Waals surface area contributed by atoms with Crippen LogP contribution in [0.25, 0.3) is 21.9 Å². The number of ether oxygens (including phenoxy) is 2. The third kappa shape index (κ3) is 10.3. The van der Waals surface area contributed by atoms with Crippen LogP contribution < -0.4 is 29.1 Å². The van der Waals surface area contributed by atoms with Crippen molar-refractivity contribution in [1.29, 1.82) is 0 Å². The number of aryl methyl sites for hydroxylation is 2. The summed E-state index contributed by atoms with van der Waals surface area (Å²) in [5.74, 6) is 2.49. The maximum atomic E-state index is 6.57. The van der Waals surface area contributed by atoms with E-state index in [2.05, 4.69) is 161 Å². The summed E-state index contributed by atoms with van der Waals surface area (Å²) in [6.45, 7) is 21.6. The van der Waals surface area contributed by atoms with Gasteiger partial charge in [0.1, 0.15) is 5.58 Å². The molecule has 0 saturated carbocycles. The zero-order chi connectivity index (χ0) is 50.8. The van der Waals surface area contributed by atoms with Gasteiger partial charge in [-0.25, -0.2) is 0 Å². The minimum atomic E-state index is -0.152. The van der Waals surface area contributed by atoms with Crippen LogP contribution in [0, 0.1) is 64.8 Å². The van der Waals surface area contributed by atoms with Crippen molar-refractivity contribution in [3.63, 3.8) is 0 Å². The van der Waals surface area contributed by atoms with Crippen LogP contribution in [-0.2, 0) is 53.2 Å². The van der Waals surface area contributed by atoms with Gasteiger partial charge in [-0.2, -0.15) is 44.9 Å². The standard InChI is InChI=1S/C33H28N4O2.C29H30N4O.2Pt/c1-33(2)27-13-6-7-14-28(27)37(22-35(33)4)24-19-30(32-26-12-5-8-15-29(26)39-31(32)20-24)38-25-11-9-10-23(18-25)36-17-16-34(3)21-36;1-21-15-27-28(16-22(21)2)33(20-31(6)29(27,3)4)24-10-8-12-26(18-24)34-25-11-7-9-23(17-25)32-14-13-30(5)19-32;;/h5-17,20-22H,1-4H3;7-16,19-20H,1-6H3;;/q2*-4;2*+4. The molecule has 0 N–H and O–H groups in total. The molecule has 0 bridgehead atoms. The first kappa shape index (κ1) is 53.3. The van der Waals surface area contributed by atoms with Crippen LogP contribution in [0.3, 0.4) is 0 Å². The molecule has 4 aliphatic rings. The van der Waals surface area contributed by atoms with Crippen molar-refractivity contribution in [2.24, 2.45) is 0 Å². The number of benzene rings is 7. The molecule has 11 nitrogen and oxygen atoms in total. The van der Waals surface area contributed by atoms with Gasteiger partial charge < -0.3 is 53.1 Å². The van der Waals surface area contributed by atoms with Crippen LogP contribution >= 0.6 is 0 Å². The van der Waals surface area contributed by atoms with Gasteiger partial charge in [0.25, 0.3) is 0 Å². The van der Waals surface area contributed by atoms with E-state index >= 15 is 0 Å². The molecule has 8 aromatic rings. The van der Waals surface area contributed by atoms with E-state index in [4.69, 9.17) is 13.9 Å². The number of fused-ring (bicyclic) bond motifs is 5. The number of para-hydroxylation sites is 2. The first-order valence-corrected chi connectivity index (χ1v) is 24.4. The Balaban J connectivity index is 0.000000181. The third-order valence-corrected chi connectivity index (χ3v) is 14.4.